The highest BCUT2D eigenvalue weighted by Crippen LogP contribution is 2.18. The molecule has 0 radical (unpaired) electrons. The van der Waals surface area contributed by atoms with Crippen LogP contribution in [-0.2, 0) is 14.3 Å². The number of benzene rings is 2. The monoisotopic (exact) mass is 355 g/mol. The van der Waals surface area contributed by atoms with Gasteiger partial charge in [-0.25, -0.2) is 0 Å². The van der Waals surface area contributed by atoms with Crippen LogP contribution >= 0.6 is 0 Å². The summed E-state index contributed by atoms with van der Waals surface area (Å²) in [6.07, 6.45) is -0.127. The number of aryl methyl sites for hydroxylation is 1. The predicted octanol–water partition coefficient (Wildman–Crippen LogP) is 3.57. The van der Waals surface area contributed by atoms with E-state index in [1.54, 1.807) is 19.9 Å². The molecule has 2 aromatic rings. The Morgan fingerprint density at radius 3 is 2.42 bits per heavy atom. The summed E-state index contributed by atoms with van der Waals surface area (Å²) in [6, 6.07) is 16.4. The van der Waals surface area contributed by atoms with Gasteiger partial charge in [0.1, 0.15) is 5.75 Å². The van der Waals surface area contributed by atoms with E-state index in [0.717, 1.165) is 11.1 Å². The first-order valence-corrected chi connectivity index (χ1v) is 8.67. The van der Waals surface area contributed by atoms with E-state index in [9.17, 15) is 9.59 Å². The first-order chi connectivity index (χ1) is 12.4. The standard InChI is InChI=1S/C21H25NO4/c1-15(2)26-21(24)13-19(17-9-5-4-6-10-17)22-20(23)14-25-18-11-7-8-16(3)12-18/h4-12,15,19H,13-14H2,1-3H3,(H,22,23). The smallest absolute Gasteiger partial charge is 0.308 e. The van der Waals surface area contributed by atoms with Crippen LogP contribution in [0.4, 0.5) is 0 Å². The van der Waals surface area contributed by atoms with Crippen molar-refractivity contribution in [1.82, 2.24) is 5.32 Å². The molecule has 0 spiro atoms. The molecular formula is C21H25NO4. The number of hydrogen-bond acceptors (Lipinski definition) is 4. The molecule has 0 aliphatic carbocycles. The second-order valence-electron chi connectivity index (χ2n) is 6.38. The summed E-state index contributed by atoms with van der Waals surface area (Å²) in [7, 11) is 0. The van der Waals surface area contributed by atoms with Crippen molar-refractivity contribution in [3.63, 3.8) is 0 Å². The minimum atomic E-state index is -0.462. The third kappa shape index (κ3) is 6.59. The van der Waals surface area contributed by atoms with Gasteiger partial charge < -0.3 is 14.8 Å². The second-order valence-corrected chi connectivity index (χ2v) is 6.38. The second kappa shape index (κ2) is 9.61. The van der Waals surface area contributed by atoms with Gasteiger partial charge in [0.15, 0.2) is 6.61 Å². The lowest BCUT2D eigenvalue weighted by atomic mass is 10.0. The van der Waals surface area contributed by atoms with Gasteiger partial charge in [-0.3, -0.25) is 9.59 Å². The summed E-state index contributed by atoms with van der Waals surface area (Å²) in [4.78, 5) is 24.3. The highest BCUT2D eigenvalue weighted by molar-refractivity contribution is 5.79. The van der Waals surface area contributed by atoms with Crippen molar-refractivity contribution >= 4 is 11.9 Å². The van der Waals surface area contributed by atoms with Gasteiger partial charge in [-0.2, -0.15) is 0 Å². The van der Waals surface area contributed by atoms with Crippen LogP contribution in [0.3, 0.4) is 0 Å². The molecule has 0 saturated carbocycles. The Morgan fingerprint density at radius 2 is 1.77 bits per heavy atom. The molecule has 5 nitrogen and oxygen atoms in total. The molecule has 1 N–H and O–H groups in total. The fraction of sp³-hybridized carbons (Fsp3) is 0.333. The van der Waals surface area contributed by atoms with Gasteiger partial charge in [-0.15, -0.1) is 0 Å². The molecule has 0 bridgehead atoms. The van der Waals surface area contributed by atoms with Crippen molar-refractivity contribution in [3.8, 4) is 5.75 Å². The summed E-state index contributed by atoms with van der Waals surface area (Å²) in [5, 5.41) is 2.86. The zero-order valence-electron chi connectivity index (χ0n) is 15.4. The van der Waals surface area contributed by atoms with Crippen LogP contribution in [0.5, 0.6) is 5.75 Å². The number of rotatable bonds is 8. The third-order valence-corrected chi connectivity index (χ3v) is 3.63. The van der Waals surface area contributed by atoms with Crippen LogP contribution in [0.15, 0.2) is 54.6 Å². The van der Waals surface area contributed by atoms with Crippen LogP contribution < -0.4 is 10.1 Å². The fourth-order valence-corrected chi connectivity index (χ4v) is 2.51. The van der Waals surface area contributed by atoms with E-state index in [0.29, 0.717) is 5.75 Å². The van der Waals surface area contributed by atoms with Crippen molar-refractivity contribution in [3.05, 3.63) is 65.7 Å². The minimum Gasteiger partial charge on any atom is -0.484 e. The normalized spacial score (nSPS) is 11.7. The zero-order chi connectivity index (χ0) is 18.9. The summed E-state index contributed by atoms with van der Waals surface area (Å²) in [5.74, 6) is -0.0120. The molecule has 138 valence electrons. The van der Waals surface area contributed by atoms with Gasteiger partial charge in [-0.1, -0.05) is 42.5 Å². The Labute approximate surface area is 154 Å². The highest BCUT2D eigenvalue weighted by Gasteiger charge is 2.20. The number of amides is 1. The quantitative estimate of drug-likeness (QED) is 0.735. The Kier molecular flexibility index (Phi) is 7.21. The zero-order valence-corrected chi connectivity index (χ0v) is 15.4. The van der Waals surface area contributed by atoms with Crippen LogP contribution in [0, 0.1) is 6.92 Å². The number of carbonyl (C=O) groups excluding carboxylic acids is 2. The topological polar surface area (TPSA) is 64.6 Å². The summed E-state index contributed by atoms with van der Waals surface area (Å²) in [5.41, 5.74) is 1.90. The van der Waals surface area contributed by atoms with Crippen molar-refractivity contribution in [2.24, 2.45) is 0 Å². The summed E-state index contributed by atoms with van der Waals surface area (Å²) < 4.78 is 10.7. The van der Waals surface area contributed by atoms with Gasteiger partial charge >= 0.3 is 5.97 Å². The maximum atomic E-state index is 12.3. The molecule has 2 aromatic carbocycles. The first kappa shape index (κ1) is 19.5. The van der Waals surface area contributed by atoms with Crippen molar-refractivity contribution in [2.75, 3.05) is 6.61 Å². The molecule has 5 heteroatoms. The van der Waals surface area contributed by atoms with E-state index in [1.807, 2.05) is 55.5 Å². The molecule has 0 aliphatic rings. The van der Waals surface area contributed by atoms with Crippen LogP contribution in [0.1, 0.15) is 37.4 Å². The highest BCUT2D eigenvalue weighted by atomic mass is 16.5. The number of ether oxygens (including phenoxy) is 2. The third-order valence-electron chi connectivity index (χ3n) is 3.63. The molecule has 1 unspecified atom stereocenters. The lowest BCUT2D eigenvalue weighted by molar-refractivity contribution is -0.148. The van der Waals surface area contributed by atoms with E-state index in [4.69, 9.17) is 9.47 Å². The van der Waals surface area contributed by atoms with Gasteiger partial charge in [0.25, 0.3) is 5.91 Å². The molecule has 0 saturated heterocycles. The predicted molar refractivity (Wildman–Crippen MR) is 99.8 cm³/mol. The van der Waals surface area contributed by atoms with Gasteiger partial charge in [-0.05, 0) is 44.0 Å². The minimum absolute atomic E-state index is 0.0678. The largest absolute Gasteiger partial charge is 0.484 e. The van der Waals surface area contributed by atoms with Crippen molar-refractivity contribution in [2.45, 2.75) is 39.3 Å². The van der Waals surface area contributed by atoms with E-state index in [2.05, 4.69) is 5.32 Å². The molecule has 0 aromatic heterocycles. The number of nitrogens with one attached hydrogen (secondary N) is 1. The number of hydrogen-bond donors (Lipinski definition) is 1. The van der Waals surface area contributed by atoms with Crippen LogP contribution in [-0.4, -0.2) is 24.6 Å². The molecule has 0 aliphatic heterocycles. The van der Waals surface area contributed by atoms with Crippen molar-refractivity contribution < 1.29 is 19.1 Å². The average Bonchev–Trinajstić information content (AvgIpc) is 2.59. The Bertz CT molecular complexity index is 728. The summed E-state index contributed by atoms with van der Waals surface area (Å²) >= 11 is 0. The lowest BCUT2D eigenvalue weighted by Crippen LogP contribution is -2.34. The van der Waals surface area contributed by atoms with Crippen molar-refractivity contribution in [1.29, 1.82) is 0 Å². The molecule has 1 atom stereocenters. The SMILES string of the molecule is Cc1cccc(OCC(=O)NC(CC(=O)OC(C)C)c2ccccc2)c1. The van der Waals surface area contributed by atoms with Crippen LogP contribution in [0.2, 0.25) is 0 Å². The van der Waals surface area contributed by atoms with E-state index in [1.165, 1.54) is 0 Å². The van der Waals surface area contributed by atoms with E-state index < -0.39 is 6.04 Å². The Hall–Kier alpha value is -2.82. The maximum Gasteiger partial charge on any atom is 0.308 e. The van der Waals surface area contributed by atoms with E-state index in [-0.39, 0.29) is 31.0 Å². The fourth-order valence-electron chi connectivity index (χ4n) is 2.51. The first-order valence-electron chi connectivity index (χ1n) is 8.67. The summed E-state index contributed by atoms with van der Waals surface area (Å²) in [6.45, 7) is 5.43. The lowest BCUT2D eigenvalue weighted by Gasteiger charge is -2.19. The maximum absolute atomic E-state index is 12.3. The molecule has 0 fully saturated rings. The van der Waals surface area contributed by atoms with Gasteiger partial charge in [0, 0.05) is 0 Å². The molecule has 0 heterocycles. The molecular weight excluding hydrogens is 330 g/mol. The average molecular weight is 355 g/mol. The number of carbonyl (C=O) groups is 2. The van der Waals surface area contributed by atoms with Gasteiger partial charge in [0.2, 0.25) is 0 Å². The van der Waals surface area contributed by atoms with Gasteiger partial charge in [0.05, 0.1) is 18.6 Å². The molecule has 1 amide bonds. The Balaban J connectivity index is 1.98. The number of esters is 1. The molecule has 2 rings (SSSR count). The Morgan fingerprint density at radius 1 is 1.04 bits per heavy atom. The van der Waals surface area contributed by atoms with E-state index >= 15 is 0 Å². The molecule has 26 heavy (non-hydrogen) atoms. The van der Waals surface area contributed by atoms with Crippen LogP contribution in [0.25, 0.3) is 0 Å².